The molecule has 2 rings (SSSR count). The van der Waals surface area contributed by atoms with Gasteiger partial charge in [-0.2, -0.15) is 0 Å². The van der Waals surface area contributed by atoms with Crippen molar-refractivity contribution in [2.75, 3.05) is 11.9 Å². The lowest BCUT2D eigenvalue weighted by Crippen LogP contribution is -2.27. The molecule has 1 fully saturated rings. The van der Waals surface area contributed by atoms with Gasteiger partial charge in [-0.3, -0.25) is 4.79 Å². The summed E-state index contributed by atoms with van der Waals surface area (Å²) in [7, 11) is 0. The molecule has 1 atom stereocenters. The predicted octanol–water partition coefficient (Wildman–Crippen LogP) is 3.53. The van der Waals surface area contributed by atoms with Crippen molar-refractivity contribution in [2.24, 2.45) is 0 Å². The highest BCUT2D eigenvalue weighted by molar-refractivity contribution is 9.10. The lowest BCUT2D eigenvalue weighted by atomic mass is 10.2. The van der Waals surface area contributed by atoms with Crippen LogP contribution in [0.5, 0.6) is 0 Å². The summed E-state index contributed by atoms with van der Waals surface area (Å²) >= 11 is 9.43. The molecule has 1 aliphatic heterocycles. The number of halogens is 2. The van der Waals surface area contributed by atoms with Gasteiger partial charge in [-0.15, -0.1) is 0 Å². The van der Waals surface area contributed by atoms with Crippen LogP contribution in [0.15, 0.2) is 16.6 Å². The van der Waals surface area contributed by atoms with Gasteiger partial charge in [-0.25, -0.2) is 0 Å². The maximum absolute atomic E-state index is 11.9. The molecule has 17 heavy (non-hydrogen) atoms. The van der Waals surface area contributed by atoms with Crippen LogP contribution in [0.4, 0.5) is 5.69 Å². The fraction of sp³-hybridized carbons (Fsp3) is 0.417. The Morgan fingerprint density at radius 3 is 3.00 bits per heavy atom. The predicted molar refractivity (Wildman–Crippen MR) is 71.5 cm³/mol. The van der Waals surface area contributed by atoms with E-state index < -0.39 is 0 Å². The third kappa shape index (κ3) is 3.00. The number of ether oxygens (including phenoxy) is 1. The van der Waals surface area contributed by atoms with Gasteiger partial charge in [0.15, 0.2) is 0 Å². The van der Waals surface area contributed by atoms with Crippen LogP contribution in [0.1, 0.15) is 18.4 Å². The first-order valence-electron chi connectivity index (χ1n) is 5.46. The van der Waals surface area contributed by atoms with Gasteiger partial charge in [0.05, 0.1) is 5.69 Å². The van der Waals surface area contributed by atoms with Crippen molar-refractivity contribution in [2.45, 2.75) is 25.9 Å². The van der Waals surface area contributed by atoms with Gasteiger partial charge < -0.3 is 10.1 Å². The molecule has 1 aliphatic rings. The zero-order chi connectivity index (χ0) is 12.4. The first kappa shape index (κ1) is 12.9. The van der Waals surface area contributed by atoms with Gasteiger partial charge in [0.2, 0.25) is 0 Å². The summed E-state index contributed by atoms with van der Waals surface area (Å²) in [6, 6.07) is 3.63. The Bertz CT molecular complexity index is 444. The van der Waals surface area contributed by atoms with E-state index in [4.69, 9.17) is 16.3 Å². The third-order valence-electron chi connectivity index (χ3n) is 2.73. The Kier molecular flexibility index (Phi) is 4.07. The second-order valence-electron chi connectivity index (χ2n) is 4.07. The number of benzene rings is 1. The number of carbonyl (C=O) groups is 1. The van der Waals surface area contributed by atoms with Crippen molar-refractivity contribution < 1.29 is 9.53 Å². The van der Waals surface area contributed by atoms with Gasteiger partial charge >= 0.3 is 0 Å². The van der Waals surface area contributed by atoms with E-state index in [1.165, 1.54) is 0 Å². The smallest absolute Gasteiger partial charge is 0.253 e. The number of nitrogens with one attached hydrogen (secondary N) is 1. The van der Waals surface area contributed by atoms with Crippen LogP contribution in [-0.4, -0.2) is 18.6 Å². The van der Waals surface area contributed by atoms with Crippen LogP contribution in [0.3, 0.4) is 0 Å². The topological polar surface area (TPSA) is 38.3 Å². The molecule has 0 unspecified atom stereocenters. The van der Waals surface area contributed by atoms with Crippen molar-refractivity contribution >= 4 is 39.1 Å². The number of rotatable bonds is 2. The minimum absolute atomic E-state index is 0.108. The lowest BCUT2D eigenvalue weighted by Gasteiger charge is -2.12. The quantitative estimate of drug-likeness (QED) is 0.906. The van der Waals surface area contributed by atoms with E-state index in [2.05, 4.69) is 21.2 Å². The minimum Gasteiger partial charge on any atom is -0.368 e. The molecular formula is C12H13BrClNO2. The first-order chi connectivity index (χ1) is 8.08. The molecule has 0 radical (unpaired) electrons. The van der Waals surface area contributed by atoms with E-state index in [1.807, 2.05) is 13.0 Å². The van der Waals surface area contributed by atoms with Crippen LogP contribution in [-0.2, 0) is 9.53 Å². The lowest BCUT2D eigenvalue weighted by molar-refractivity contribution is -0.124. The van der Waals surface area contributed by atoms with Gasteiger partial charge in [0, 0.05) is 16.1 Å². The molecule has 0 aliphatic carbocycles. The molecule has 1 aromatic rings. The second kappa shape index (κ2) is 5.38. The number of hydrogen-bond acceptors (Lipinski definition) is 2. The van der Waals surface area contributed by atoms with Crippen molar-refractivity contribution in [3.63, 3.8) is 0 Å². The van der Waals surface area contributed by atoms with Crippen LogP contribution in [0, 0.1) is 6.92 Å². The Balaban J connectivity index is 2.12. The monoisotopic (exact) mass is 317 g/mol. The molecule has 0 spiro atoms. The van der Waals surface area contributed by atoms with Gasteiger partial charge in [0.25, 0.3) is 5.91 Å². The average Bonchev–Trinajstić information content (AvgIpc) is 2.79. The Morgan fingerprint density at radius 1 is 1.59 bits per heavy atom. The van der Waals surface area contributed by atoms with Crippen LogP contribution in [0.25, 0.3) is 0 Å². The zero-order valence-corrected chi connectivity index (χ0v) is 11.8. The SMILES string of the molecule is Cc1cc(Br)c(NC(=O)[C@@H]2CCCO2)cc1Cl. The molecule has 1 saturated heterocycles. The van der Waals surface area contributed by atoms with Crippen molar-refractivity contribution in [3.8, 4) is 0 Å². The maximum atomic E-state index is 11.9. The molecule has 0 aromatic heterocycles. The molecular weight excluding hydrogens is 305 g/mol. The molecule has 1 amide bonds. The van der Waals surface area contributed by atoms with E-state index >= 15 is 0 Å². The zero-order valence-electron chi connectivity index (χ0n) is 9.43. The number of amides is 1. The Hall–Kier alpha value is -0.580. The Morgan fingerprint density at radius 2 is 2.35 bits per heavy atom. The highest BCUT2D eigenvalue weighted by Crippen LogP contribution is 2.29. The molecule has 0 bridgehead atoms. The summed E-state index contributed by atoms with van der Waals surface area (Å²) in [6.07, 6.45) is 1.39. The summed E-state index contributed by atoms with van der Waals surface area (Å²) < 4.78 is 6.15. The minimum atomic E-state index is -0.332. The maximum Gasteiger partial charge on any atom is 0.253 e. The highest BCUT2D eigenvalue weighted by atomic mass is 79.9. The van der Waals surface area contributed by atoms with Gasteiger partial charge in [-0.05, 0) is 53.4 Å². The van der Waals surface area contributed by atoms with E-state index in [0.717, 1.165) is 22.9 Å². The fourth-order valence-corrected chi connectivity index (χ4v) is 2.46. The molecule has 0 saturated carbocycles. The van der Waals surface area contributed by atoms with Crippen LogP contribution < -0.4 is 5.32 Å². The molecule has 5 heteroatoms. The number of hydrogen-bond donors (Lipinski definition) is 1. The summed E-state index contributed by atoms with van der Waals surface area (Å²) in [6.45, 7) is 2.58. The normalized spacial score (nSPS) is 19.4. The van der Waals surface area contributed by atoms with Crippen LogP contribution in [0.2, 0.25) is 5.02 Å². The van der Waals surface area contributed by atoms with Gasteiger partial charge in [-0.1, -0.05) is 11.6 Å². The molecule has 1 aromatic carbocycles. The standard InChI is InChI=1S/C12H13BrClNO2/c1-7-5-8(13)10(6-9(7)14)15-12(16)11-3-2-4-17-11/h5-6,11H,2-4H2,1H3,(H,15,16)/t11-/m0/s1. The van der Waals surface area contributed by atoms with Gasteiger partial charge in [0.1, 0.15) is 6.10 Å². The molecule has 1 heterocycles. The average molecular weight is 319 g/mol. The largest absolute Gasteiger partial charge is 0.368 e. The number of aryl methyl sites for hydroxylation is 1. The number of carbonyl (C=O) groups excluding carboxylic acids is 1. The first-order valence-corrected chi connectivity index (χ1v) is 6.63. The highest BCUT2D eigenvalue weighted by Gasteiger charge is 2.24. The molecule has 92 valence electrons. The van der Waals surface area contributed by atoms with Crippen LogP contribution >= 0.6 is 27.5 Å². The van der Waals surface area contributed by atoms with E-state index in [-0.39, 0.29) is 12.0 Å². The second-order valence-corrected chi connectivity index (χ2v) is 5.33. The third-order valence-corrected chi connectivity index (χ3v) is 3.79. The van der Waals surface area contributed by atoms with E-state index in [1.54, 1.807) is 6.07 Å². The number of anilines is 1. The van der Waals surface area contributed by atoms with E-state index in [0.29, 0.717) is 17.3 Å². The summed E-state index contributed by atoms with van der Waals surface area (Å²) in [5, 5.41) is 3.46. The molecule has 3 nitrogen and oxygen atoms in total. The van der Waals surface area contributed by atoms with E-state index in [9.17, 15) is 4.79 Å². The summed E-state index contributed by atoms with van der Waals surface area (Å²) in [5.74, 6) is -0.108. The summed E-state index contributed by atoms with van der Waals surface area (Å²) in [5.41, 5.74) is 1.65. The van der Waals surface area contributed by atoms with Crippen molar-refractivity contribution in [1.82, 2.24) is 0 Å². The van der Waals surface area contributed by atoms with Crippen molar-refractivity contribution in [3.05, 3.63) is 27.2 Å². The fourth-order valence-electron chi connectivity index (χ4n) is 1.74. The summed E-state index contributed by atoms with van der Waals surface area (Å²) in [4.78, 5) is 11.9. The van der Waals surface area contributed by atoms with Crippen molar-refractivity contribution in [1.29, 1.82) is 0 Å². The molecule has 1 N–H and O–H groups in total. The Labute approximate surface area is 114 Å².